The molecule has 1 unspecified atom stereocenters. The summed E-state index contributed by atoms with van der Waals surface area (Å²) in [5.74, 6) is -1.07. The fraction of sp³-hybridized carbons (Fsp3) is 0.375. The first-order valence-corrected chi connectivity index (χ1v) is 4.75. The lowest BCUT2D eigenvalue weighted by molar-refractivity contribution is 0.0532. The summed E-state index contributed by atoms with van der Waals surface area (Å²) in [4.78, 5) is 10.6. The van der Waals surface area contributed by atoms with Crippen molar-refractivity contribution in [1.82, 2.24) is 0 Å². The van der Waals surface area contributed by atoms with Crippen molar-refractivity contribution < 1.29 is 24.9 Å². The van der Waals surface area contributed by atoms with Gasteiger partial charge in [0.25, 0.3) is 0 Å². The van der Waals surface area contributed by atoms with E-state index in [0.29, 0.717) is 0 Å². The number of thiophene rings is 1. The maximum Gasteiger partial charge on any atom is 0.340 e. The van der Waals surface area contributed by atoms with E-state index in [1.54, 1.807) is 5.38 Å². The molecule has 1 rings (SSSR count). The van der Waals surface area contributed by atoms with Crippen LogP contribution in [-0.4, -0.2) is 40.6 Å². The van der Waals surface area contributed by atoms with Crippen LogP contribution in [0.1, 0.15) is 10.4 Å². The molecule has 0 bridgehead atoms. The van der Waals surface area contributed by atoms with Gasteiger partial charge < -0.3 is 20.1 Å². The van der Waals surface area contributed by atoms with E-state index in [1.807, 2.05) is 0 Å². The third-order valence-corrected chi connectivity index (χ3v) is 2.30. The minimum absolute atomic E-state index is 0.0696. The third kappa shape index (κ3) is 2.69. The molecule has 1 heterocycles. The lowest BCUT2D eigenvalue weighted by Crippen LogP contribution is -2.21. The van der Waals surface area contributed by atoms with Crippen LogP contribution in [-0.2, 0) is 0 Å². The number of carbonyl (C=O) groups is 1. The van der Waals surface area contributed by atoms with Gasteiger partial charge >= 0.3 is 5.97 Å². The Balaban J connectivity index is 2.58. The van der Waals surface area contributed by atoms with Gasteiger partial charge in [0.05, 0.1) is 6.61 Å². The number of carboxylic acids is 1. The molecule has 0 aromatic carbocycles. The van der Waals surface area contributed by atoms with E-state index in [4.69, 9.17) is 20.1 Å². The normalized spacial score (nSPS) is 12.4. The first-order valence-electron chi connectivity index (χ1n) is 3.87. The zero-order valence-corrected chi connectivity index (χ0v) is 8.03. The Morgan fingerprint density at radius 1 is 1.64 bits per heavy atom. The highest BCUT2D eigenvalue weighted by Crippen LogP contribution is 2.25. The highest BCUT2D eigenvalue weighted by Gasteiger charge is 2.13. The van der Waals surface area contributed by atoms with Crippen LogP contribution in [0.5, 0.6) is 5.06 Å². The minimum atomic E-state index is -1.07. The summed E-state index contributed by atoms with van der Waals surface area (Å²) in [5.41, 5.74) is 0.0696. The van der Waals surface area contributed by atoms with Crippen molar-refractivity contribution in [2.24, 2.45) is 0 Å². The van der Waals surface area contributed by atoms with Gasteiger partial charge in [-0.25, -0.2) is 4.79 Å². The molecule has 0 spiro atoms. The standard InChI is InChI=1S/C8H10O5S/c9-3-5(10)4-13-8-6(7(11)12)1-2-14-8/h1-2,5,9-10H,3-4H2,(H,11,12). The van der Waals surface area contributed by atoms with E-state index in [9.17, 15) is 4.79 Å². The van der Waals surface area contributed by atoms with Gasteiger partial charge in [-0.15, -0.1) is 11.3 Å². The van der Waals surface area contributed by atoms with Crippen LogP contribution in [0.25, 0.3) is 0 Å². The predicted octanol–water partition coefficient (Wildman–Crippen LogP) is 0.178. The number of aliphatic hydroxyl groups excluding tert-OH is 2. The number of ether oxygens (including phenoxy) is 1. The average Bonchev–Trinajstić information content (AvgIpc) is 2.62. The first kappa shape index (κ1) is 11.0. The number of carboxylic acid groups (broad SMARTS) is 1. The van der Waals surface area contributed by atoms with Crippen LogP contribution in [0.3, 0.4) is 0 Å². The monoisotopic (exact) mass is 218 g/mol. The molecule has 6 heteroatoms. The molecule has 5 nitrogen and oxygen atoms in total. The van der Waals surface area contributed by atoms with Gasteiger partial charge in [0, 0.05) is 0 Å². The molecule has 1 aromatic heterocycles. The minimum Gasteiger partial charge on any atom is -0.480 e. The van der Waals surface area contributed by atoms with Crippen molar-refractivity contribution in [3.05, 3.63) is 17.0 Å². The third-order valence-electron chi connectivity index (χ3n) is 1.48. The molecular formula is C8H10O5S. The summed E-state index contributed by atoms with van der Waals surface area (Å²) < 4.78 is 5.02. The van der Waals surface area contributed by atoms with Gasteiger partial charge in [-0.3, -0.25) is 0 Å². The van der Waals surface area contributed by atoms with Crippen molar-refractivity contribution in [3.63, 3.8) is 0 Å². The molecule has 1 atom stereocenters. The summed E-state index contributed by atoms with van der Waals surface area (Å²) in [5, 5.41) is 28.0. The molecule has 0 aliphatic heterocycles. The van der Waals surface area contributed by atoms with Crippen molar-refractivity contribution in [1.29, 1.82) is 0 Å². The number of rotatable bonds is 5. The smallest absolute Gasteiger partial charge is 0.340 e. The Morgan fingerprint density at radius 2 is 2.36 bits per heavy atom. The second-order valence-electron chi connectivity index (χ2n) is 2.57. The Bertz CT molecular complexity index is 308. The molecule has 0 radical (unpaired) electrons. The summed E-state index contributed by atoms with van der Waals surface area (Å²) in [6.07, 6.45) is -0.987. The van der Waals surface area contributed by atoms with Crippen molar-refractivity contribution in [3.8, 4) is 5.06 Å². The topological polar surface area (TPSA) is 87.0 Å². The predicted molar refractivity (Wildman–Crippen MR) is 49.9 cm³/mol. The van der Waals surface area contributed by atoms with Crippen LogP contribution in [0.4, 0.5) is 0 Å². The highest BCUT2D eigenvalue weighted by atomic mass is 32.1. The maximum atomic E-state index is 10.6. The van der Waals surface area contributed by atoms with Crippen LogP contribution in [0.15, 0.2) is 11.4 Å². The average molecular weight is 218 g/mol. The molecule has 0 amide bonds. The maximum absolute atomic E-state index is 10.6. The lowest BCUT2D eigenvalue weighted by Gasteiger charge is -2.08. The molecule has 0 aliphatic rings. The summed E-state index contributed by atoms with van der Waals surface area (Å²) >= 11 is 1.13. The van der Waals surface area contributed by atoms with Crippen LogP contribution >= 0.6 is 11.3 Å². The highest BCUT2D eigenvalue weighted by molar-refractivity contribution is 7.12. The molecule has 0 saturated carbocycles. The van der Waals surface area contributed by atoms with Gasteiger partial charge in [-0.05, 0) is 11.4 Å². The Hall–Kier alpha value is -1.11. The molecule has 0 saturated heterocycles. The number of aliphatic hydroxyl groups is 2. The van der Waals surface area contributed by atoms with Crippen molar-refractivity contribution in [2.45, 2.75) is 6.10 Å². The van der Waals surface area contributed by atoms with Crippen molar-refractivity contribution in [2.75, 3.05) is 13.2 Å². The van der Waals surface area contributed by atoms with E-state index >= 15 is 0 Å². The van der Waals surface area contributed by atoms with E-state index in [-0.39, 0.29) is 17.2 Å². The second-order valence-corrected chi connectivity index (χ2v) is 3.45. The van der Waals surface area contributed by atoms with Crippen molar-refractivity contribution >= 4 is 17.3 Å². The molecule has 14 heavy (non-hydrogen) atoms. The second kappa shape index (κ2) is 4.94. The molecule has 0 fully saturated rings. The Labute approximate surface area is 84.2 Å². The van der Waals surface area contributed by atoms with E-state index in [2.05, 4.69) is 0 Å². The van der Waals surface area contributed by atoms with E-state index < -0.39 is 18.7 Å². The quantitative estimate of drug-likeness (QED) is 0.656. The van der Waals surface area contributed by atoms with Crippen LogP contribution in [0.2, 0.25) is 0 Å². The Kier molecular flexibility index (Phi) is 3.87. The molecule has 0 aliphatic carbocycles. The largest absolute Gasteiger partial charge is 0.480 e. The molecule has 1 aromatic rings. The summed E-state index contributed by atoms with van der Waals surface area (Å²) in [6.45, 7) is -0.523. The SMILES string of the molecule is O=C(O)c1ccsc1OCC(O)CO. The van der Waals surface area contributed by atoms with Gasteiger partial charge in [0.1, 0.15) is 18.3 Å². The van der Waals surface area contributed by atoms with Gasteiger partial charge in [-0.2, -0.15) is 0 Å². The summed E-state index contributed by atoms with van der Waals surface area (Å²) in [6, 6.07) is 1.42. The van der Waals surface area contributed by atoms with Crippen LogP contribution < -0.4 is 4.74 Å². The molecule has 78 valence electrons. The lowest BCUT2D eigenvalue weighted by atomic mass is 10.3. The number of hydrogen-bond acceptors (Lipinski definition) is 5. The number of hydrogen-bond donors (Lipinski definition) is 3. The fourth-order valence-corrected chi connectivity index (χ4v) is 1.54. The molecular weight excluding hydrogens is 208 g/mol. The number of aromatic carboxylic acids is 1. The zero-order chi connectivity index (χ0) is 10.6. The molecule has 3 N–H and O–H groups in total. The van der Waals surface area contributed by atoms with E-state index in [1.165, 1.54) is 6.07 Å². The van der Waals surface area contributed by atoms with Gasteiger partial charge in [0.2, 0.25) is 0 Å². The first-order chi connectivity index (χ1) is 6.65. The van der Waals surface area contributed by atoms with E-state index in [0.717, 1.165) is 11.3 Å². The fourth-order valence-electron chi connectivity index (χ4n) is 0.790. The van der Waals surface area contributed by atoms with Gasteiger partial charge in [0.15, 0.2) is 5.06 Å². The van der Waals surface area contributed by atoms with Crippen LogP contribution in [0, 0.1) is 0 Å². The zero-order valence-electron chi connectivity index (χ0n) is 7.21. The Morgan fingerprint density at radius 3 is 2.93 bits per heavy atom. The van der Waals surface area contributed by atoms with Gasteiger partial charge in [-0.1, -0.05) is 0 Å². The summed E-state index contributed by atoms with van der Waals surface area (Å²) in [7, 11) is 0.